The summed E-state index contributed by atoms with van der Waals surface area (Å²) in [5.41, 5.74) is 1.89. The summed E-state index contributed by atoms with van der Waals surface area (Å²) in [6.45, 7) is 1.48. The quantitative estimate of drug-likeness (QED) is 0.580. The molecule has 0 saturated heterocycles. The topological polar surface area (TPSA) is 57.7 Å². The van der Waals surface area contributed by atoms with Gasteiger partial charge in [0.1, 0.15) is 6.54 Å². The molecule has 0 spiro atoms. The first-order chi connectivity index (χ1) is 13.8. The SMILES string of the molecule is Cc1ccccc1N(CC(=O)N(C)c1ccccc1)S(=O)(=O)c1ccc(Cl)cc1. The average Bonchev–Trinajstić information content (AvgIpc) is 2.73. The van der Waals surface area contributed by atoms with E-state index in [0.717, 1.165) is 9.87 Å². The van der Waals surface area contributed by atoms with Crippen molar-refractivity contribution in [3.8, 4) is 0 Å². The van der Waals surface area contributed by atoms with Crippen molar-refractivity contribution in [1.29, 1.82) is 0 Å². The lowest BCUT2D eigenvalue weighted by Crippen LogP contribution is -2.42. The van der Waals surface area contributed by atoms with E-state index in [4.69, 9.17) is 11.6 Å². The van der Waals surface area contributed by atoms with Crippen molar-refractivity contribution >= 4 is 38.9 Å². The van der Waals surface area contributed by atoms with Crippen molar-refractivity contribution in [3.05, 3.63) is 89.4 Å². The van der Waals surface area contributed by atoms with Crippen LogP contribution >= 0.6 is 11.6 Å². The summed E-state index contributed by atoms with van der Waals surface area (Å²) in [5.74, 6) is -0.350. The molecule has 3 rings (SSSR count). The second-order valence-electron chi connectivity index (χ2n) is 6.54. The summed E-state index contributed by atoms with van der Waals surface area (Å²) in [7, 11) is -2.35. The van der Waals surface area contributed by atoms with Gasteiger partial charge in [-0.15, -0.1) is 0 Å². The van der Waals surface area contributed by atoms with E-state index in [1.807, 2.05) is 37.3 Å². The Morgan fingerprint density at radius 2 is 1.48 bits per heavy atom. The standard InChI is InChI=1S/C22H21ClN2O3S/c1-17-8-6-7-11-21(17)25(29(27,28)20-14-12-18(23)13-15-20)16-22(26)24(2)19-9-4-3-5-10-19/h3-15H,16H2,1-2H3. The summed E-state index contributed by atoms with van der Waals surface area (Å²) >= 11 is 5.91. The lowest BCUT2D eigenvalue weighted by molar-refractivity contribution is -0.116. The van der Waals surface area contributed by atoms with E-state index in [9.17, 15) is 13.2 Å². The molecule has 0 aliphatic rings. The summed E-state index contributed by atoms with van der Waals surface area (Å²) in [6, 6.07) is 22.1. The molecule has 0 N–H and O–H groups in total. The molecule has 0 fully saturated rings. The number of carbonyl (C=O) groups is 1. The zero-order valence-electron chi connectivity index (χ0n) is 16.1. The third-order valence-electron chi connectivity index (χ3n) is 4.58. The molecule has 0 unspecified atom stereocenters. The first-order valence-electron chi connectivity index (χ1n) is 8.96. The smallest absolute Gasteiger partial charge is 0.264 e. The van der Waals surface area contributed by atoms with E-state index in [0.29, 0.717) is 16.4 Å². The number of rotatable bonds is 6. The minimum Gasteiger partial charge on any atom is -0.314 e. The van der Waals surface area contributed by atoms with Crippen molar-refractivity contribution in [1.82, 2.24) is 0 Å². The van der Waals surface area contributed by atoms with Crippen molar-refractivity contribution in [3.63, 3.8) is 0 Å². The molecule has 29 heavy (non-hydrogen) atoms. The van der Waals surface area contributed by atoms with Crippen LogP contribution in [0.2, 0.25) is 5.02 Å². The van der Waals surface area contributed by atoms with Gasteiger partial charge in [0.05, 0.1) is 10.6 Å². The van der Waals surface area contributed by atoms with Crippen molar-refractivity contribution < 1.29 is 13.2 Å². The zero-order chi connectivity index (χ0) is 21.0. The molecule has 5 nitrogen and oxygen atoms in total. The molecule has 0 saturated carbocycles. The van der Waals surface area contributed by atoms with E-state index in [1.165, 1.54) is 29.2 Å². The van der Waals surface area contributed by atoms with Gasteiger partial charge in [0, 0.05) is 17.8 Å². The van der Waals surface area contributed by atoms with E-state index in [-0.39, 0.29) is 17.3 Å². The number of anilines is 2. The van der Waals surface area contributed by atoms with Crippen LogP contribution in [0.15, 0.2) is 83.8 Å². The molecule has 0 bridgehead atoms. The lowest BCUT2D eigenvalue weighted by atomic mass is 10.2. The fraction of sp³-hybridized carbons (Fsp3) is 0.136. The van der Waals surface area contributed by atoms with Gasteiger partial charge in [0.15, 0.2) is 0 Å². The number of halogens is 1. The van der Waals surface area contributed by atoms with Crippen LogP contribution in [0, 0.1) is 6.92 Å². The van der Waals surface area contributed by atoms with Crippen LogP contribution in [0.5, 0.6) is 0 Å². The zero-order valence-corrected chi connectivity index (χ0v) is 17.7. The van der Waals surface area contributed by atoms with E-state index in [1.54, 1.807) is 31.3 Å². The molecule has 0 atom stereocenters. The Bertz CT molecular complexity index is 1100. The minimum absolute atomic E-state index is 0.0697. The number of amides is 1. The number of hydrogen-bond acceptors (Lipinski definition) is 3. The number of benzene rings is 3. The molecular weight excluding hydrogens is 408 g/mol. The number of carbonyl (C=O) groups excluding carboxylic acids is 1. The Balaban J connectivity index is 2.01. The predicted octanol–water partition coefficient (Wildman–Crippen LogP) is 4.51. The molecule has 0 aliphatic heterocycles. The molecule has 0 aromatic heterocycles. The van der Waals surface area contributed by atoms with Gasteiger partial charge in [-0.3, -0.25) is 9.10 Å². The van der Waals surface area contributed by atoms with Crippen molar-refractivity contribution in [2.45, 2.75) is 11.8 Å². The average molecular weight is 429 g/mol. The summed E-state index contributed by atoms with van der Waals surface area (Å²) in [5, 5.41) is 0.436. The number of nitrogens with zero attached hydrogens (tertiary/aromatic N) is 2. The number of likely N-dealkylation sites (N-methyl/N-ethyl adjacent to an activating group) is 1. The highest BCUT2D eigenvalue weighted by atomic mass is 35.5. The Kier molecular flexibility index (Phi) is 6.25. The molecule has 3 aromatic carbocycles. The van der Waals surface area contributed by atoms with Gasteiger partial charge in [-0.05, 0) is 55.0 Å². The first kappa shape index (κ1) is 20.9. The molecule has 0 aliphatic carbocycles. The second kappa shape index (κ2) is 8.68. The number of sulfonamides is 1. The van der Waals surface area contributed by atoms with Gasteiger partial charge < -0.3 is 4.90 Å². The third kappa shape index (κ3) is 4.60. The Morgan fingerprint density at radius 3 is 2.10 bits per heavy atom. The maximum Gasteiger partial charge on any atom is 0.264 e. The Labute approximate surface area is 176 Å². The summed E-state index contributed by atoms with van der Waals surface area (Å²) in [6.07, 6.45) is 0. The molecule has 0 radical (unpaired) electrons. The van der Waals surface area contributed by atoms with Crippen LogP contribution in [-0.4, -0.2) is 27.9 Å². The van der Waals surface area contributed by atoms with Gasteiger partial charge in [-0.25, -0.2) is 8.42 Å². The molecule has 3 aromatic rings. The maximum atomic E-state index is 13.4. The van der Waals surface area contributed by atoms with Crippen LogP contribution in [0.25, 0.3) is 0 Å². The fourth-order valence-electron chi connectivity index (χ4n) is 2.90. The van der Waals surface area contributed by atoms with Gasteiger partial charge in [0.25, 0.3) is 10.0 Å². The van der Waals surface area contributed by atoms with Crippen LogP contribution in [-0.2, 0) is 14.8 Å². The van der Waals surface area contributed by atoms with Gasteiger partial charge in [-0.1, -0.05) is 48.0 Å². The highest BCUT2D eigenvalue weighted by molar-refractivity contribution is 7.92. The van der Waals surface area contributed by atoms with Crippen LogP contribution in [0.3, 0.4) is 0 Å². The monoisotopic (exact) mass is 428 g/mol. The van der Waals surface area contributed by atoms with Crippen LogP contribution in [0.1, 0.15) is 5.56 Å². The first-order valence-corrected chi connectivity index (χ1v) is 10.8. The van der Waals surface area contributed by atoms with Gasteiger partial charge in [0.2, 0.25) is 5.91 Å². The molecular formula is C22H21ClN2O3S. The Hall–Kier alpha value is -2.83. The summed E-state index contributed by atoms with van der Waals surface area (Å²) < 4.78 is 28.0. The number of aryl methyl sites for hydroxylation is 1. The van der Waals surface area contributed by atoms with Crippen molar-refractivity contribution in [2.75, 3.05) is 22.8 Å². The fourth-order valence-corrected chi connectivity index (χ4v) is 4.51. The highest BCUT2D eigenvalue weighted by Crippen LogP contribution is 2.28. The van der Waals surface area contributed by atoms with Gasteiger partial charge >= 0.3 is 0 Å². The minimum atomic E-state index is -3.98. The largest absolute Gasteiger partial charge is 0.314 e. The third-order valence-corrected chi connectivity index (χ3v) is 6.61. The second-order valence-corrected chi connectivity index (χ2v) is 8.84. The van der Waals surface area contributed by atoms with Gasteiger partial charge in [-0.2, -0.15) is 0 Å². The normalized spacial score (nSPS) is 11.1. The Morgan fingerprint density at radius 1 is 0.897 bits per heavy atom. The maximum absolute atomic E-state index is 13.4. The van der Waals surface area contributed by atoms with E-state index in [2.05, 4.69) is 0 Å². The highest BCUT2D eigenvalue weighted by Gasteiger charge is 2.29. The van der Waals surface area contributed by atoms with Crippen molar-refractivity contribution in [2.24, 2.45) is 0 Å². The molecule has 0 heterocycles. The number of para-hydroxylation sites is 2. The molecule has 150 valence electrons. The summed E-state index contributed by atoms with van der Waals surface area (Å²) in [4.78, 5) is 14.5. The van der Waals surface area contributed by atoms with E-state index < -0.39 is 10.0 Å². The van der Waals surface area contributed by atoms with Crippen LogP contribution in [0.4, 0.5) is 11.4 Å². The van der Waals surface area contributed by atoms with E-state index >= 15 is 0 Å². The lowest BCUT2D eigenvalue weighted by Gasteiger charge is -2.28. The predicted molar refractivity (Wildman–Crippen MR) is 117 cm³/mol. The number of hydrogen-bond donors (Lipinski definition) is 0. The molecule has 1 amide bonds. The van der Waals surface area contributed by atoms with Crippen LogP contribution < -0.4 is 9.21 Å². The molecule has 7 heteroatoms.